The summed E-state index contributed by atoms with van der Waals surface area (Å²) in [7, 11) is 0. The van der Waals surface area contributed by atoms with E-state index in [1.165, 1.54) is 12.3 Å². The molecule has 11 heteroatoms. The molecular weight excluding hydrogens is 394 g/mol. The lowest BCUT2D eigenvalue weighted by Crippen LogP contribution is -2.52. The van der Waals surface area contributed by atoms with Gasteiger partial charge in [-0.25, -0.2) is 14.2 Å². The molecule has 0 unspecified atom stereocenters. The van der Waals surface area contributed by atoms with Crippen LogP contribution in [0.4, 0.5) is 9.52 Å². The van der Waals surface area contributed by atoms with Gasteiger partial charge >= 0.3 is 5.97 Å². The van der Waals surface area contributed by atoms with Gasteiger partial charge in [0.25, 0.3) is 5.91 Å². The van der Waals surface area contributed by atoms with Crippen LogP contribution in [0.25, 0.3) is 0 Å². The molecule has 3 rings (SSSR count). The van der Waals surface area contributed by atoms with Crippen LogP contribution in [0.5, 0.6) is 0 Å². The first-order valence-corrected chi connectivity index (χ1v) is 8.85. The van der Waals surface area contributed by atoms with Crippen LogP contribution in [-0.2, 0) is 0 Å². The number of thiazole rings is 1. The molecule has 2 aromatic heterocycles. The van der Waals surface area contributed by atoms with Crippen LogP contribution < -0.4 is 10.2 Å². The van der Waals surface area contributed by atoms with Crippen LogP contribution in [0.15, 0.2) is 12.3 Å². The molecule has 0 spiro atoms. The molecule has 3 heterocycles. The van der Waals surface area contributed by atoms with E-state index < -0.39 is 24.1 Å². The Labute approximate surface area is 155 Å². The van der Waals surface area contributed by atoms with Crippen molar-refractivity contribution in [2.24, 2.45) is 0 Å². The maximum absolute atomic E-state index is 14.5. The number of aromatic nitrogens is 2. The summed E-state index contributed by atoms with van der Waals surface area (Å²) in [6.07, 6.45) is 0.287. The van der Waals surface area contributed by atoms with Gasteiger partial charge in [0.2, 0.25) is 0 Å². The Morgan fingerprint density at radius 2 is 2.24 bits per heavy atom. The summed E-state index contributed by atoms with van der Waals surface area (Å²) in [5, 5.41) is 12.4. The van der Waals surface area contributed by atoms with Crippen molar-refractivity contribution in [3.8, 4) is 0 Å². The van der Waals surface area contributed by atoms with Crippen LogP contribution in [0.2, 0.25) is 10.2 Å². The Balaban J connectivity index is 1.61. The van der Waals surface area contributed by atoms with Crippen LogP contribution >= 0.6 is 34.5 Å². The highest BCUT2D eigenvalue weighted by atomic mass is 35.5. The van der Waals surface area contributed by atoms with Gasteiger partial charge in [0.15, 0.2) is 5.13 Å². The van der Waals surface area contributed by atoms with Gasteiger partial charge in [-0.3, -0.25) is 4.79 Å². The highest BCUT2D eigenvalue weighted by Crippen LogP contribution is 2.27. The lowest BCUT2D eigenvalue weighted by molar-refractivity contribution is 0.0701. The van der Waals surface area contributed by atoms with Gasteiger partial charge in [-0.2, -0.15) is 0 Å². The number of nitrogens with one attached hydrogen (secondary N) is 2. The maximum atomic E-state index is 14.5. The van der Waals surface area contributed by atoms with E-state index in [0.717, 1.165) is 11.3 Å². The number of amides is 1. The quantitative estimate of drug-likeness (QED) is 0.724. The minimum Gasteiger partial charge on any atom is -0.477 e. The zero-order valence-corrected chi connectivity index (χ0v) is 15.0. The minimum atomic E-state index is -1.32. The van der Waals surface area contributed by atoms with Gasteiger partial charge in [0.05, 0.1) is 23.8 Å². The van der Waals surface area contributed by atoms with Gasteiger partial charge in [-0.1, -0.05) is 34.5 Å². The molecule has 1 aliphatic rings. The summed E-state index contributed by atoms with van der Waals surface area (Å²) >= 11 is 12.5. The lowest BCUT2D eigenvalue weighted by atomic mass is 10.0. The molecule has 1 fully saturated rings. The van der Waals surface area contributed by atoms with Gasteiger partial charge < -0.3 is 20.3 Å². The van der Waals surface area contributed by atoms with E-state index in [1.54, 1.807) is 4.90 Å². The summed E-state index contributed by atoms with van der Waals surface area (Å²) in [5.74, 6) is -1.55. The molecule has 7 nitrogen and oxygen atoms in total. The van der Waals surface area contributed by atoms with Crippen molar-refractivity contribution in [1.82, 2.24) is 15.3 Å². The molecule has 134 valence electrons. The fourth-order valence-electron chi connectivity index (χ4n) is 2.52. The largest absolute Gasteiger partial charge is 0.477 e. The molecule has 0 aliphatic carbocycles. The highest BCUT2D eigenvalue weighted by Gasteiger charge is 2.32. The number of rotatable bonds is 4. The average molecular weight is 407 g/mol. The van der Waals surface area contributed by atoms with E-state index in [2.05, 4.69) is 15.3 Å². The zero-order chi connectivity index (χ0) is 18.1. The smallest absolute Gasteiger partial charge is 0.347 e. The van der Waals surface area contributed by atoms with Crippen molar-refractivity contribution in [3.05, 3.63) is 33.0 Å². The molecule has 1 amide bonds. The topological polar surface area (TPSA) is 98.3 Å². The van der Waals surface area contributed by atoms with E-state index in [4.69, 9.17) is 28.3 Å². The molecule has 2 atom stereocenters. The van der Waals surface area contributed by atoms with E-state index in [-0.39, 0.29) is 27.3 Å². The fraction of sp³-hybridized carbons (Fsp3) is 0.357. The van der Waals surface area contributed by atoms with Crippen molar-refractivity contribution < 1.29 is 19.1 Å². The number of H-pyrrole nitrogens is 1. The summed E-state index contributed by atoms with van der Waals surface area (Å²) in [6.45, 7) is 0.466. The second-order valence-corrected chi connectivity index (χ2v) is 7.28. The van der Waals surface area contributed by atoms with Crippen LogP contribution in [0.3, 0.4) is 0 Å². The number of carbonyl (C=O) groups excluding carboxylic acids is 1. The number of hydrogen-bond acceptors (Lipinski definition) is 5. The van der Waals surface area contributed by atoms with Crippen LogP contribution in [0, 0.1) is 0 Å². The van der Waals surface area contributed by atoms with Crippen molar-refractivity contribution in [3.63, 3.8) is 0 Å². The fourth-order valence-corrected chi connectivity index (χ4v) is 3.63. The number of aromatic amines is 1. The summed E-state index contributed by atoms with van der Waals surface area (Å²) in [6, 6.07) is 0.716. The molecule has 0 saturated carbocycles. The molecule has 0 bridgehead atoms. The second kappa shape index (κ2) is 7.19. The Morgan fingerprint density at radius 1 is 1.48 bits per heavy atom. The number of anilines is 1. The highest BCUT2D eigenvalue weighted by molar-refractivity contribution is 7.17. The first kappa shape index (κ1) is 18.0. The van der Waals surface area contributed by atoms with Gasteiger partial charge in [0, 0.05) is 6.54 Å². The van der Waals surface area contributed by atoms with Crippen molar-refractivity contribution >= 4 is 51.5 Å². The first-order chi connectivity index (χ1) is 11.8. The normalized spacial score (nSPS) is 20.5. The zero-order valence-electron chi connectivity index (χ0n) is 12.6. The molecule has 0 radical (unpaired) electrons. The third-order valence-electron chi connectivity index (χ3n) is 3.80. The maximum Gasteiger partial charge on any atom is 0.347 e. The van der Waals surface area contributed by atoms with Gasteiger partial charge in [-0.05, 0) is 12.5 Å². The van der Waals surface area contributed by atoms with E-state index >= 15 is 0 Å². The van der Waals surface area contributed by atoms with Crippen LogP contribution in [0.1, 0.15) is 26.6 Å². The average Bonchev–Trinajstić information content (AvgIpc) is 3.17. The van der Waals surface area contributed by atoms with Crippen molar-refractivity contribution in [1.29, 1.82) is 0 Å². The Morgan fingerprint density at radius 3 is 2.80 bits per heavy atom. The molecule has 1 aliphatic heterocycles. The number of nitrogens with zero attached hydrogens (tertiary/aromatic N) is 2. The number of piperidine rings is 1. The number of carboxylic acids is 1. The number of aromatic carboxylic acids is 1. The number of carboxylic acid groups (broad SMARTS) is 1. The van der Waals surface area contributed by atoms with E-state index in [9.17, 15) is 14.0 Å². The Hall–Kier alpha value is -1.84. The van der Waals surface area contributed by atoms with Crippen molar-refractivity contribution in [2.75, 3.05) is 18.0 Å². The molecule has 25 heavy (non-hydrogen) atoms. The predicted molar refractivity (Wildman–Crippen MR) is 92.9 cm³/mol. The Bertz CT molecular complexity index is 792. The molecular formula is C14H13Cl2FN4O3S. The summed E-state index contributed by atoms with van der Waals surface area (Å²) in [5.41, 5.74) is 0.163. The summed E-state index contributed by atoms with van der Waals surface area (Å²) in [4.78, 5) is 31.5. The number of carbonyl (C=O) groups is 2. The molecule has 3 N–H and O–H groups in total. The monoisotopic (exact) mass is 406 g/mol. The Kier molecular flexibility index (Phi) is 5.16. The van der Waals surface area contributed by atoms with E-state index in [1.807, 2.05) is 0 Å². The number of alkyl halides is 1. The van der Waals surface area contributed by atoms with E-state index in [0.29, 0.717) is 18.1 Å². The van der Waals surface area contributed by atoms with Crippen LogP contribution in [-0.4, -0.2) is 52.3 Å². The second-order valence-electron chi connectivity index (χ2n) is 5.49. The van der Waals surface area contributed by atoms with Crippen molar-refractivity contribution in [2.45, 2.75) is 18.6 Å². The third-order valence-corrected chi connectivity index (χ3v) is 5.54. The SMILES string of the molecule is O=C(N[C@@H]1CCN(c2ncc(C(=O)O)s2)C[C@@H]1F)c1cc(Cl)c(Cl)[nH]1. The molecule has 1 saturated heterocycles. The number of hydrogen-bond donors (Lipinski definition) is 3. The standard InChI is InChI=1S/C14H13Cl2FN4O3S/c15-6-3-9(19-11(6)16)12(22)20-8-1-2-21(5-7(8)17)14-18-4-10(25-14)13(23)24/h3-4,7-8,19H,1-2,5H2,(H,20,22)(H,23,24)/t7-,8+/m0/s1. The summed E-state index contributed by atoms with van der Waals surface area (Å²) < 4.78 is 14.5. The molecule has 0 aromatic carbocycles. The molecule has 2 aromatic rings. The third kappa shape index (κ3) is 3.88. The first-order valence-electron chi connectivity index (χ1n) is 7.28. The lowest BCUT2D eigenvalue weighted by Gasteiger charge is -2.34. The van der Waals surface area contributed by atoms with Gasteiger partial charge in [0.1, 0.15) is 21.9 Å². The van der Waals surface area contributed by atoms with Gasteiger partial charge in [-0.15, -0.1) is 0 Å². The number of halogens is 3. The predicted octanol–water partition coefficient (Wildman–Crippen LogP) is 2.82. The minimum absolute atomic E-state index is 0.0176.